The van der Waals surface area contributed by atoms with Crippen LogP contribution in [-0.4, -0.2) is 31.8 Å². The lowest BCUT2D eigenvalue weighted by atomic mass is 10.1. The van der Waals surface area contributed by atoms with Gasteiger partial charge in [-0.05, 0) is 31.4 Å². The van der Waals surface area contributed by atoms with Gasteiger partial charge in [0.05, 0.1) is 5.56 Å². The molecule has 8 heteroatoms. The molecular formula is C13H14ClF2NO3S. The number of benzene rings is 1. The van der Waals surface area contributed by atoms with Crippen molar-refractivity contribution in [2.24, 2.45) is 0 Å². The summed E-state index contributed by atoms with van der Waals surface area (Å²) in [6.07, 6.45) is 2.27. The topological polar surface area (TPSA) is 54.5 Å². The van der Waals surface area contributed by atoms with Crippen molar-refractivity contribution in [3.8, 4) is 0 Å². The summed E-state index contributed by atoms with van der Waals surface area (Å²) >= 11 is 0. The van der Waals surface area contributed by atoms with Crippen LogP contribution in [0.2, 0.25) is 0 Å². The molecule has 116 valence electrons. The molecule has 0 spiro atoms. The molecule has 21 heavy (non-hydrogen) atoms. The van der Waals surface area contributed by atoms with Gasteiger partial charge < -0.3 is 4.90 Å². The van der Waals surface area contributed by atoms with Gasteiger partial charge in [0.25, 0.3) is 15.0 Å². The van der Waals surface area contributed by atoms with E-state index in [1.807, 2.05) is 6.92 Å². The molecule has 0 aliphatic carbocycles. The number of halogens is 3. The SMILES string of the molecule is CCC1CCCN1C(=O)c1cc(F)cc(S(=O)(=O)Cl)c1F. The van der Waals surface area contributed by atoms with Gasteiger partial charge in [-0.2, -0.15) is 0 Å². The first-order chi connectivity index (χ1) is 9.75. The van der Waals surface area contributed by atoms with Crippen molar-refractivity contribution in [2.45, 2.75) is 37.1 Å². The largest absolute Gasteiger partial charge is 0.336 e. The second kappa shape index (κ2) is 5.88. The lowest BCUT2D eigenvalue weighted by molar-refractivity contribution is 0.0727. The van der Waals surface area contributed by atoms with E-state index in [2.05, 4.69) is 0 Å². The lowest BCUT2D eigenvalue weighted by Crippen LogP contribution is -2.35. The van der Waals surface area contributed by atoms with Gasteiger partial charge in [-0.25, -0.2) is 17.2 Å². The van der Waals surface area contributed by atoms with E-state index in [1.54, 1.807) is 0 Å². The Morgan fingerprint density at radius 2 is 2.10 bits per heavy atom. The standard InChI is InChI=1S/C13H14ClF2NO3S/c1-2-9-4-3-5-17(9)13(18)10-6-8(15)7-11(12(10)16)21(14,19)20/h6-7,9H,2-5H2,1H3. The number of nitrogens with zero attached hydrogens (tertiary/aromatic N) is 1. The minimum absolute atomic E-state index is 0.0452. The fraction of sp³-hybridized carbons (Fsp3) is 0.462. The number of amides is 1. The van der Waals surface area contributed by atoms with Crippen molar-refractivity contribution in [1.29, 1.82) is 0 Å². The highest BCUT2D eigenvalue weighted by atomic mass is 35.7. The molecule has 0 aromatic heterocycles. The van der Waals surface area contributed by atoms with Crippen LogP contribution in [0.4, 0.5) is 8.78 Å². The van der Waals surface area contributed by atoms with Crippen molar-refractivity contribution >= 4 is 25.6 Å². The van der Waals surface area contributed by atoms with Gasteiger partial charge in [-0.15, -0.1) is 0 Å². The zero-order valence-electron chi connectivity index (χ0n) is 11.3. The Morgan fingerprint density at radius 3 is 2.67 bits per heavy atom. The highest BCUT2D eigenvalue weighted by Crippen LogP contribution is 2.27. The van der Waals surface area contributed by atoms with E-state index in [0.29, 0.717) is 25.1 Å². The first-order valence-corrected chi connectivity index (χ1v) is 8.81. The highest BCUT2D eigenvalue weighted by molar-refractivity contribution is 8.13. The van der Waals surface area contributed by atoms with Crippen molar-refractivity contribution < 1.29 is 22.0 Å². The summed E-state index contributed by atoms with van der Waals surface area (Å²) in [5, 5.41) is 0. The van der Waals surface area contributed by atoms with E-state index in [9.17, 15) is 22.0 Å². The monoisotopic (exact) mass is 337 g/mol. The lowest BCUT2D eigenvalue weighted by Gasteiger charge is -2.24. The van der Waals surface area contributed by atoms with Crippen molar-refractivity contribution in [2.75, 3.05) is 6.54 Å². The Morgan fingerprint density at radius 1 is 1.43 bits per heavy atom. The predicted octanol–water partition coefficient (Wildman–Crippen LogP) is 2.91. The third kappa shape index (κ3) is 3.18. The van der Waals surface area contributed by atoms with Crippen LogP contribution < -0.4 is 0 Å². The number of hydrogen-bond donors (Lipinski definition) is 0. The summed E-state index contributed by atoms with van der Waals surface area (Å²) in [6, 6.07) is 1.13. The fourth-order valence-corrected chi connectivity index (χ4v) is 3.49. The number of likely N-dealkylation sites (tertiary alicyclic amines) is 1. The van der Waals surface area contributed by atoms with Crippen LogP contribution in [0.1, 0.15) is 36.5 Å². The zero-order valence-corrected chi connectivity index (χ0v) is 12.8. The van der Waals surface area contributed by atoms with Gasteiger partial charge >= 0.3 is 0 Å². The number of carbonyl (C=O) groups is 1. The summed E-state index contributed by atoms with van der Waals surface area (Å²) < 4.78 is 50.2. The van der Waals surface area contributed by atoms with Crippen LogP contribution in [0.3, 0.4) is 0 Å². The predicted molar refractivity (Wildman–Crippen MR) is 73.7 cm³/mol. The van der Waals surface area contributed by atoms with Gasteiger partial charge in [-0.1, -0.05) is 6.92 Å². The Kier molecular flexibility index (Phi) is 4.53. The quantitative estimate of drug-likeness (QED) is 0.797. The number of rotatable bonds is 3. The van der Waals surface area contributed by atoms with Crippen LogP contribution in [-0.2, 0) is 9.05 Å². The maximum absolute atomic E-state index is 14.2. The molecule has 1 saturated heterocycles. The molecule has 1 amide bonds. The highest BCUT2D eigenvalue weighted by Gasteiger charge is 2.32. The molecular weight excluding hydrogens is 324 g/mol. The summed E-state index contributed by atoms with van der Waals surface area (Å²) in [6.45, 7) is 2.34. The molecule has 1 heterocycles. The van der Waals surface area contributed by atoms with Crippen LogP contribution in [0, 0.1) is 11.6 Å². The van der Waals surface area contributed by atoms with Gasteiger partial charge in [0, 0.05) is 23.3 Å². The van der Waals surface area contributed by atoms with E-state index < -0.39 is 37.1 Å². The van der Waals surface area contributed by atoms with Crippen LogP contribution in [0.15, 0.2) is 17.0 Å². The average molecular weight is 338 g/mol. The van der Waals surface area contributed by atoms with Crippen molar-refractivity contribution in [1.82, 2.24) is 4.90 Å². The maximum Gasteiger partial charge on any atom is 0.264 e. The molecule has 0 radical (unpaired) electrons. The zero-order chi connectivity index (χ0) is 15.8. The van der Waals surface area contributed by atoms with Gasteiger partial charge in [0.15, 0.2) is 5.82 Å². The Labute approximate surface area is 126 Å². The summed E-state index contributed by atoms with van der Waals surface area (Å²) in [7, 11) is 0.601. The van der Waals surface area contributed by atoms with Crippen LogP contribution in [0.25, 0.3) is 0 Å². The molecule has 1 aromatic carbocycles. The molecule has 1 unspecified atom stereocenters. The third-order valence-electron chi connectivity index (χ3n) is 3.61. The average Bonchev–Trinajstić information content (AvgIpc) is 2.87. The van der Waals surface area contributed by atoms with Gasteiger partial charge in [-0.3, -0.25) is 4.79 Å². The van der Waals surface area contributed by atoms with Crippen molar-refractivity contribution in [3.05, 3.63) is 29.3 Å². The van der Waals surface area contributed by atoms with Crippen molar-refractivity contribution in [3.63, 3.8) is 0 Å². The Hall–Kier alpha value is -1.21. The summed E-state index contributed by atoms with van der Waals surface area (Å²) in [5.74, 6) is -3.04. The van der Waals surface area contributed by atoms with Crippen LogP contribution >= 0.6 is 10.7 Å². The van der Waals surface area contributed by atoms with Crippen LogP contribution in [0.5, 0.6) is 0 Å². The molecule has 1 aliphatic heterocycles. The minimum Gasteiger partial charge on any atom is -0.336 e. The first kappa shape index (κ1) is 16.2. The molecule has 0 saturated carbocycles. The van der Waals surface area contributed by atoms with Gasteiger partial charge in [0.2, 0.25) is 0 Å². The molecule has 1 atom stereocenters. The van der Waals surface area contributed by atoms with Gasteiger partial charge in [0.1, 0.15) is 10.7 Å². The second-order valence-electron chi connectivity index (χ2n) is 4.91. The number of carbonyl (C=O) groups excluding carboxylic acids is 1. The van der Waals surface area contributed by atoms with E-state index in [4.69, 9.17) is 10.7 Å². The molecule has 0 N–H and O–H groups in total. The third-order valence-corrected chi connectivity index (χ3v) is 4.93. The summed E-state index contributed by atoms with van der Waals surface area (Å²) in [5.41, 5.74) is -0.602. The minimum atomic E-state index is -4.47. The molecule has 4 nitrogen and oxygen atoms in total. The van der Waals surface area contributed by atoms with E-state index in [-0.39, 0.29) is 6.04 Å². The van der Waals surface area contributed by atoms with E-state index >= 15 is 0 Å². The smallest absolute Gasteiger partial charge is 0.264 e. The second-order valence-corrected chi connectivity index (χ2v) is 7.44. The summed E-state index contributed by atoms with van der Waals surface area (Å²) in [4.78, 5) is 12.8. The fourth-order valence-electron chi connectivity index (χ4n) is 2.58. The maximum atomic E-state index is 14.2. The molecule has 1 aliphatic rings. The Balaban J connectivity index is 2.49. The van der Waals surface area contributed by atoms with E-state index in [0.717, 1.165) is 12.8 Å². The normalized spacial score (nSPS) is 19.0. The molecule has 1 fully saturated rings. The molecule has 0 bridgehead atoms. The van der Waals surface area contributed by atoms with E-state index in [1.165, 1.54) is 4.90 Å². The molecule has 1 aromatic rings. The first-order valence-electron chi connectivity index (χ1n) is 6.50. The molecule has 2 rings (SSSR count). The number of hydrogen-bond acceptors (Lipinski definition) is 3. The Bertz CT molecular complexity index is 678.